The molecule has 0 bridgehead atoms. The number of anilines is 1. The Morgan fingerprint density at radius 2 is 1.97 bits per heavy atom. The van der Waals surface area contributed by atoms with E-state index in [0.717, 1.165) is 41.0 Å². The van der Waals surface area contributed by atoms with Gasteiger partial charge in [0.05, 0.1) is 18.2 Å². The van der Waals surface area contributed by atoms with Gasteiger partial charge in [-0.2, -0.15) is 0 Å². The summed E-state index contributed by atoms with van der Waals surface area (Å²) in [6.07, 6.45) is 2.59. The molecule has 4 rings (SSSR count). The second kappa shape index (κ2) is 10.3. The number of benzene rings is 2. The Morgan fingerprint density at radius 3 is 2.69 bits per heavy atom. The summed E-state index contributed by atoms with van der Waals surface area (Å²) >= 11 is 6.24. The predicted octanol–water partition coefficient (Wildman–Crippen LogP) is 4.88. The van der Waals surface area contributed by atoms with Gasteiger partial charge in [-0.15, -0.1) is 0 Å². The van der Waals surface area contributed by atoms with Crippen LogP contribution >= 0.6 is 11.6 Å². The van der Waals surface area contributed by atoms with Crippen molar-refractivity contribution in [3.63, 3.8) is 0 Å². The van der Waals surface area contributed by atoms with Gasteiger partial charge in [0.2, 0.25) is 5.91 Å². The summed E-state index contributed by atoms with van der Waals surface area (Å²) in [5.41, 5.74) is 1.93. The number of carbonyl (C=O) groups is 1. The van der Waals surface area contributed by atoms with Crippen LogP contribution in [-0.4, -0.2) is 42.7 Å². The number of fused-ring (bicyclic) bond motifs is 1. The molecule has 0 unspecified atom stereocenters. The first-order valence-corrected chi connectivity index (χ1v) is 11.5. The highest BCUT2D eigenvalue weighted by Crippen LogP contribution is 2.40. The molecule has 1 aliphatic carbocycles. The largest absolute Gasteiger partial charge is 0.383 e. The minimum Gasteiger partial charge on any atom is -0.383 e. The molecule has 1 heterocycles. The number of aromatic nitrogens is 2. The normalized spacial score (nSPS) is 14.3. The summed E-state index contributed by atoms with van der Waals surface area (Å²) in [7, 11) is 1.68. The summed E-state index contributed by atoms with van der Waals surface area (Å²) < 4.78 is 5.34. The molecule has 0 saturated heterocycles. The lowest BCUT2D eigenvalue weighted by molar-refractivity contribution is -0.121. The van der Waals surface area contributed by atoms with E-state index >= 15 is 0 Å². The number of carbonyl (C=O) groups excluding carboxylic acids is 1. The van der Waals surface area contributed by atoms with E-state index in [1.807, 2.05) is 55.5 Å². The molecule has 32 heavy (non-hydrogen) atoms. The number of rotatable bonds is 10. The molecule has 1 aliphatic rings. The fourth-order valence-corrected chi connectivity index (χ4v) is 3.94. The van der Waals surface area contributed by atoms with E-state index < -0.39 is 0 Å². The van der Waals surface area contributed by atoms with Crippen molar-refractivity contribution in [2.75, 3.05) is 31.7 Å². The maximum absolute atomic E-state index is 12.7. The molecule has 1 fully saturated rings. The van der Waals surface area contributed by atoms with Crippen LogP contribution in [0.5, 0.6) is 0 Å². The molecule has 7 heteroatoms. The van der Waals surface area contributed by atoms with Crippen LogP contribution in [0.4, 0.5) is 5.82 Å². The van der Waals surface area contributed by atoms with Crippen molar-refractivity contribution in [3.8, 4) is 0 Å². The average molecular weight is 453 g/mol. The van der Waals surface area contributed by atoms with Crippen LogP contribution in [0, 0.1) is 0 Å². The quantitative estimate of drug-likeness (QED) is 0.474. The third kappa shape index (κ3) is 5.56. The molecule has 1 N–H and O–H groups in total. The van der Waals surface area contributed by atoms with Gasteiger partial charge in [-0.3, -0.25) is 4.79 Å². The van der Waals surface area contributed by atoms with Crippen molar-refractivity contribution < 1.29 is 9.53 Å². The Kier molecular flexibility index (Phi) is 7.22. The van der Waals surface area contributed by atoms with E-state index in [0.29, 0.717) is 37.1 Å². The first-order chi connectivity index (χ1) is 15.5. The van der Waals surface area contributed by atoms with Gasteiger partial charge in [-0.25, -0.2) is 9.97 Å². The lowest BCUT2D eigenvalue weighted by Gasteiger charge is -2.25. The van der Waals surface area contributed by atoms with Crippen molar-refractivity contribution in [2.24, 2.45) is 0 Å². The van der Waals surface area contributed by atoms with Gasteiger partial charge in [0.1, 0.15) is 11.6 Å². The van der Waals surface area contributed by atoms with E-state index in [4.69, 9.17) is 26.3 Å². The van der Waals surface area contributed by atoms with Crippen LogP contribution in [0.15, 0.2) is 48.5 Å². The number of hydrogen-bond donors (Lipinski definition) is 1. The minimum absolute atomic E-state index is 0.00703. The summed E-state index contributed by atoms with van der Waals surface area (Å²) in [5, 5.41) is 4.69. The van der Waals surface area contributed by atoms with Crippen molar-refractivity contribution in [1.82, 2.24) is 15.3 Å². The predicted molar refractivity (Wildman–Crippen MR) is 128 cm³/mol. The zero-order valence-corrected chi connectivity index (χ0v) is 19.3. The summed E-state index contributed by atoms with van der Waals surface area (Å²) in [4.78, 5) is 24.5. The highest BCUT2D eigenvalue weighted by atomic mass is 35.5. The summed E-state index contributed by atoms with van der Waals surface area (Å²) in [5.74, 6) is 2.12. The first-order valence-electron chi connectivity index (χ1n) is 11.1. The number of amides is 1. The standard InChI is InChI=1S/C25H29ClN4O2/c1-17(18-6-4-3-5-7-18)27-23(31)12-13-30(14-15-32-2)25-21-11-10-20(26)16-22(21)28-24(29-25)19-8-9-19/h3-7,10-11,16-17,19H,8-9,12-15H2,1-2H3,(H,27,31)/t17-/m0/s1. The van der Waals surface area contributed by atoms with Crippen LogP contribution in [0.3, 0.4) is 0 Å². The molecule has 1 aromatic heterocycles. The van der Waals surface area contributed by atoms with Gasteiger partial charge in [0.15, 0.2) is 0 Å². The van der Waals surface area contributed by atoms with Gasteiger partial charge in [-0.1, -0.05) is 41.9 Å². The van der Waals surface area contributed by atoms with Crippen molar-refractivity contribution in [3.05, 3.63) is 64.9 Å². The zero-order chi connectivity index (χ0) is 22.5. The molecule has 1 amide bonds. The number of hydrogen-bond acceptors (Lipinski definition) is 5. The van der Waals surface area contributed by atoms with E-state index in [1.54, 1.807) is 7.11 Å². The molecule has 0 radical (unpaired) electrons. The molecule has 3 aromatic rings. The first kappa shape index (κ1) is 22.5. The molecular formula is C25H29ClN4O2. The lowest BCUT2D eigenvalue weighted by Crippen LogP contribution is -2.34. The van der Waals surface area contributed by atoms with Gasteiger partial charge >= 0.3 is 0 Å². The third-order valence-electron chi connectivity index (χ3n) is 5.75. The van der Waals surface area contributed by atoms with Crippen molar-refractivity contribution in [1.29, 1.82) is 0 Å². The fraction of sp³-hybridized carbons (Fsp3) is 0.400. The second-order valence-electron chi connectivity index (χ2n) is 8.27. The highest BCUT2D eigenvalue weighted by Gasteiger charge is 2.28. The zero-order valence-electron chi connectivity index (χ0n) is 18.6. The van der Waals surface area contributed by atoms with E-state index in [2.05, 4.69) is 10.2 Å². The molecule has 0 spiro atoms. The average Bonchev–Trinajstić information content (AvgIpc) is 3.64. The molecular weight excluding hydrogens is 424 g/mol. The number of methoxy groups -OCH3 is 1. The molecule has 1 saturated carbocycles. The van der Waals surface area contributed by atoms with Gasteiger partial charge < -0.3 is 15.0 Å². The van der Waals surface area contributed by atoms with Crippen LogP contribution < -0.4 is 10.2 Å². The lowest BCUT2D eigenvalue weighted by atomic mass is 10.1. The Hall–Kier alpha value is -2.70. The van der Waals surface area contributed by atoms with E-state index in [-0.39, 0.29) is 11.9 Å². The second-order valence-corrected chi connectivity index (χ2v) is 8.71. The minimum atomic E-state index is -0.0420. The molecule has 1 atom stereocenters. The van der Waals surface area contributed by atoms with Gasteiger partial charge in [-0.05, 0) is 43.5 Å². The van der Waals surface area contributed by atoms with Crippen LogP contribution in [0.25, 0.3) is 10.9 Å². The Balaban J connectivity index is 1.53. The Morgan fingerprint density at radius 1 is 1.19 bits per heavy atom. The molecule has 168 valence electrons. The summed E-state index contributed by atoms with van der Waals surface area (Å²) in [6.45, 7) is 3.71. The number of halogens is 1. The molecule has 2 aromatic carbocycles. The van der Waals surface area contributed by atoms with Gasteiger partial charge in [0, 0.05) is 42.9 Å². The monoisotopic (exact) mass is 452 g/mol. The topological polar surface area (TPSA) is 67.3 Å². The maximum atomic E-state index is 12.7. The molecule has 6 nitrogen and oxygen atoms in total. The number of nitrogens with one attached hydrogen (secondary N) is 1. The summed E-state index contributed by atoms with van der Waals surface area (Å²) in [6, 6.07) is 15.6. The molecule has 0 aliphatic heterocycles. The smallest absolute Gasteiger partial charge is 0.222 e. The Bertz CT molecular complexity index is 1070. The van der Waals surface area contributed by atoms with Crippen molar-refractivity contribution in [2.45, 2.75) is 38.1 Å². The van der Waals surface area contributed by atoms with Crippen LogP contribution in [0.1, 0.15) is 49.5 Å². The van der Waals surface area contributed by atoms with E-state index in [9.17, 15) is 4.79 Å². The third-order valence-corrected chi connectivity index (χ3v) is 5.98. The maximum Gasteiger partial charge on any atom is 0.222 e. The number of nitrogens with zero attached hydrogens (tertiary/aromatic N) is 3. The Labute approximate surface area is 194 Å². The van der Waals surface area contributed by atoms with Crippen LogP contribution in [0.2, 0.25) is 5.02 Å². The van der Waals surface area contributed by atoms with Gasteiger partial charge in [0.25, 0.3) is 0 Å². The highest BCUT2D eigenvalue weighted by molar-refractivity contribution is 6.31. The van der Waals surface area contributed by atoms with Crippen LogP contribution in [-0.2, 0) is 9.53 Å². The van der Waals surface area contributed by atoms with E-state index in [1.165, 1.54) is 0 Å². The SMILES string of the molecule is COCCN(CCC(=O)N[C@@H](C)c1ccccc1)c1nc(C2CC2)nc2cc(Cl)ccc12. The fourth-order valence-electron chi connectivity index (χ4n) is 3.77. The van der Waals surface area contributed by atoms with Crippen molar-refractivity contribution >= 4 is 34.2 Å². The number of ether oxygens (including phenoxy) is 1.